The van der Waals surface area contributed by atoms with E-state index < -0.39 is 10.0 Å². The lowest BCUT2D eigenvalue weighted by Crippen LogP contribution is -2.31. The number of amides is 1. The number of anilines is 1. The Hall–Kier alpha value is -2.56. The summed E-state index contributed by atoms with van der Waals surface area (Å²) in [4.78, 5) is 17.6. The summed E-state index contributed by atoms with van der Waals surface area (Å²) in [5.41, 5.74) is 2.44. The van der Waals surface area contributed by atoms with Crippen LogP contribution < -0.4 is 15.4 Å². The van der Waals surface area contributed by atoms with Gasteiger partial charge in [0.05, 0.1) is 17.1 Å². The number of imidazole rings is 1. The molecule has 2 aromatic heterocycles. The number of sulfonamides is 1. The molecule has 0 radical (unpaired) electrons. The molecule has 0 aliphatic carbocycles. The largest absolute Gasteiger partial charge is 0.382 e. The van der Waals surface area contributed by atoms with Crippen molar-refractivity contribution >= 4 is 39.0 Å². The third kappa shape index (κ3) is 6.07. The van der Waals surface area contributed by atoms with Gasteiger partial charge in [0.25, 0.3) is 5.91 Å². The predicted molar refractivity (Wildman–Crippen MR) is 132 cm³/mol. The van der Waals surface area contributed by atoms with Gasteiger partial charge in [-0.25, -0.2) is 18.1 Å². The highest BCUT2D eigenvalue weighted by molar-refractivity contribution is 7.99. The number of carbonyl (C=O) groups is 1. The van der Waals surface area contributed by atoms with Crippen LogP contribution in [0.3, 0.4) is 0 Å². The molecule has 1 aliphatic heterocycles. The summed E-state index contributed by atoms with van der Waals surface area (Å²) in [5.74, 6) is 1.78. The van der Waals surface area contributed by atoms with Crippen molar-refractivity contribution in [2.24, 2.45) is 0 Å². The smallest absolute Gasteiger partial charge is 0.251 e. The summed E-state index contributed by atoms with van der Waals surface area (Å²) < 4.78 is 30.2. The Bertz CT molecular complexity index is 1200. The maximum absolute atomic E-state index is 13.0. The van der Waals surface area contributed by atoms with Gasteiger partial charge in [-0.15, -0.1) is 0 Å². The fraction of sp³-hybridized carbons (Fsp3) is 0.391. The number of pyridine rings is 1. The molecule has 1 aliphatic rings. The molecule has 3 heterocycles. The highest BCUT2D eigenvalue weighted by atomic mass is 32.2. The van der Waals surface area contributed by atoms with Gasteiger partial charge in [-0.1, -0.05) is 6.07 Å². The average molecular weight is 488 g/mol. The van der Waals surface area contributed by atoms with Crippen LogP contribution >= 0.6 is 11.8 Å². The molecule has 8 nitrogen and oxygen atoms in total. The number of aromatic nitrogens is 2. The SMILES string of the molecule is CC(C)NS(=O)(=O)c1cc(NC2CCSCC2)cc(C(=O)NCc2cn3ccccc3n2)c1. The van der Waals surface area contributed by atoms with Crippen molar-refractivity contribution in [3.05, 3.63) is 60.0 Å². The van der Waals surface area contributed by atoms with Crippen molar-refractivity contribution in [2.45, 2.75) is 50.2 Å². The standard InChI is InChI=1S/C23H29N5O3S2/c1-16(2)27-33(30,31)21-12-17(11-19(13-21)25-18-6-9-32-10-7-18)23(29)24-14-20-15-28-8-4-3-5-22(28)26-20/h3-5,8,11-13,15-16,18,25,27H,6-7,9-10,14H2,1-2H3,(H,24,29). The van der Waals surface area contributed by atoms with E-state index in [1.807, 2.05) is 46.8 Å². The Morgan fingerprint density at radius 1 is 1.21 bits per heavy atom. The molecule has 1 amide bonds. The third-order valence-corrected chi connectivity index (χ3v) is 7.99. The van der Waals surface area contributed by atoms with Crippen molar-refractivity contribution in [1.29, 1.82) is 0 Å². The van der Waals surface area contributed by atoms with Gasteiger partial charge in [-0.3, -0.25) is 4.79 Å². The quantitative estimate of drug-likeness (QED) is 0.451. The fourth-order valence-electron chi connectivity index (χ4n) is 3.77. The van der Waals surface area contributed by atoms with E-state index >= 15 is 0 Å². The van der Waals surface area contributed by atoms with Gasteiger partial charge >= 0.3 is 0 Å². The molecule has 0 atom stereocenters. The molecule has 1 saturated heterocycles. The van der Waals surface area contributed by atoms with Gasteiger partial charge in [0, 0.05) is 35.7 Å². The number of carbonyl (C=O) groups excluding carboxylic acids is 1. The van der Waals surface area contributed by atoms with Crippen LogP contribution in [0.4, 0.5) is 5.69 Å². The van der Waals surface area contributed by atoms with Crippen molar-refractivity contribution in [1.82, 2.24) is 19.4 Å². The minimum Gasteiger partial charge on any atom is -0.382 e. The van der Waals surface area contributed by atoms with Crippen LogP contribution in [-0.4, -0.2) is 47.3 Å². The highest BCUT2D eigenvalue weighted by Crippen LogP contribution is 2.24. The zero-order chi connectivity index (χ0) is 23.4. The molecule has 3 N–H and O–H groups in total. The lowest BCUT2D eigenvalue weighted by molar-refractivity contribution is 0.0950. The van der Waals surface area contributed by atoms with Crippen LogP contribution in [0.2, 0.25) is 0 Å². The molecule has 0 unspecified atom stereocenters. The molecule has 3 aromatic rings. The van der Waals surface area contributed by atoms with Gasteiger partial charge in [0.15, 0.2) is 0 Å². The summed E-state index contributed by atoms with van der Waals surface area (Å²) in [5, 5.41) is 6.30. The lowest BCUT2D eigenvalue weighted by atomic mass is 10.1. The van der Waals surface area contributed by atoms with E-state index in [0.29, 0.717) is 5.69 Å². The molecular weight excluding hydrogens is 458 g/mol. The van der Waals surface area contributed by atoms with Gasteiger partial charge < -0.3 is 15.0 Å². The van der Waals surface area contributed by atoms with Crippen molar-refractivity contribution < 1.29 is 13.2 Å². The van der Waals surface area contributed by atoms with E-state index in [-0.39, 0.29) is 35.0 Å². The molecule has 0 saturated carbocycles. The van der Waals surface area contributed by atoms with E-state index in [0.717, 1.165) is 35.7 Å². The normalized spacial score (nSPS) is 15.1. The number of rotatable bonds is 8. The zero-order valence-electron chi connectivity index (χ0n) is 18.7. The Morgan fingerprint density at radius 3 is 2.73 bits per heavy atom. The van der Waals surface area contributed by atoms with E-state index in [2.05, 4.69) is 20.3 Å². The molecular formula is C23H29N5O3S2. The van der Waals surface area contributed by atoms with Crippen LogP contribution in [0.15, 0.2) is 53.7 Å². The van der Waals surface area contributed by atoms with E-state index in [9.17, 15) is 13.2 Å². The number of hydrogen-bond donors (Lipinski definition) is 3. The van der Waals surface area contributed by atoms with Gasteiger partial charge in [0.2, 0.25) is 10.0 Å². The molecule has 0 bridgehead atoms. The maximum atomic E-state index is 13.0. The molecule has 33 heavy (non-hydrogen) atoms. The monoisotopic (exact) mass is 487 g/mol. The summed E-state index contributed by atoms with van der Waals surface area (Å²) >= 11 is 1.92. The van der Waals surface area contributed by atoms with Gasteiger partial charge in [0.1, 0.15) is 5.65 Å². The second kappa shape index (κ2) is 10.1. The van der Waals surface area contributed by atoms with E-state index in [4.69, 9.17) is 0 Å². The van der Waals surface area contributed by atoms with E-state index in [1.54, 1.807) is 26.0 Å². The fourth-order valence-corrected chi connectivity index (χ4v) is 6.20. The number of nitrogens with zero attached hydrogens (tertiary/aromatic N) is 2. The molecule has 4 rings (SSSR count). The number of hydrogen-bond acceptors (Lipinski definition) is 6. The average Bonchev–Trinajstić information content (AvgIpc) is 3.20. The number of nitrogens with one attached hydrogen (secondary N) is 3. The minimum absolute atomic E-state index is 0.0734. The first-order valence-corrected chi connectivity index (χ1v) is 13.7. The Balaban J connectivity index is 1.56. The van der Waals surface area contributed by atoms with Crippen molar-refractivity contribution in [3.63, 3.8) is 0 Å². The zero-order valence-corrected chi connectivity index (χ0v) is 20.4. The first-order valence-electron chi connectivity index (χ1n) is 11.0. The van der Waals surface area contributed by atoms with Crippen LogP contribution in [-0.2, 0) is 16.6 Å². The van der Waals surface area contributed by atoms with Gasteiger partial charge in [-0.05, 0) is 68.5 Å². The molecule has 0 spiro atoms. The highest BCUT2D eigenvalue weighted by Gasteiger charge is 2.21. The lowest BCUT2D eigenvalue weighted by Gasteiger charge is -2.24. The first kappa shape index (κ1) is 23.6. The number of benzene rings is 1. The number of fused-ring (bicyclic) bond motifs is 1. The Morgan fingerprint density at radius 2 is 2.00 bits per heavy atom. The summed E-state index contributed by atoms with van der Waals surface area (Å²) in [6.45, 7) is 3.77. The van der Waals surface area contributed by atoms with Crippen LogP contribution in [0, 0.1) is 0 Å². The number of thioether (sulfide) groups is 1. The minimum atomic E-state index is -3.75. The second-order valence-electron chi connectivity index (χ2n) is 8.43. The molecule has 1 aromatic carbocycles. The van der Waals surface area contributed by atoms with Crippen molar-refractivity contribution in [3.8, 4) is 0 Å². The predicted octanol–water partition coefficient (Wildman–Crippen LogP) is 3.26. The molecule has 1 fully saturated rings. The van der Waals surface area contributed by atoms with Crippen LogP contribution in [0.5, 0.6) is 0 Å². The summed E-state index contributed by atoms with van der Waals surface area (Å²) in [7, 11) is -3.75. The van der Waals surface area contributed by atoms with E-state index in [1.165, 1.54) is 6.07 Å². The first-order chi connectivity index (χ1) is 15.8. The second-order valence-corrected chi connectivity index (χ2v) is 11.4. The summed E-state index contributed by atoms with van der Waals surface area (Å²) in [6.07, 6.45) is 5.76. The Labute approximate surface area is 198 Å². The molecule has 176 valence electrons. The van der Waals surface area contributed by atoms with Crippen molar-refractivity contribution in [2.75, 3.05) is 16.8 Å². The maximum Gasteiger partial charge on any atom is 0.251 e. The van der Waals surface area contributed by atoms with Crippen LogP contribution in [0.1, 0.15) is 42.7 Å². The van der Waals surface area contributed by atoms with Crippen LogP contribution in [0.25, 0.3) is 5.65 Å². The van der Waals surface area contributed by atoms with Gasteiger partial charge in [-0.2, -0.15) is 11.8 Å². The topological polar surface area (TPSA) is 105 Å². The Kier molecular flexibility index (Phi) is 7.26. The molecule has 10 heteroatoms. The summed E-state index contributed by atoms with van der Waals surface area (Å²) in [6, 6.07) is 10.5. The third-order valence-electron chi connectivity index (χ3n) is 5.31.